The number of aromatic nitrogens is 1. The molecule has 0 spiro atoms. The Morgan fingerprint density at radius 3 is 2.60 bits per heavy atom. The Bertz CT molecular complexity index is 324. The van der Waals surface area contributed by atoms with Crippen LogP contribution in [0.5, 0.6) is 0 Å². The Balaban J connectivity index is 2.30. The molecule has 15 heavy (non-hydrogen) atoms. The quantitative estimate of drug-likeness (QED) is 0.832. The van der Waals surface area contributed by atoms with Crippen LogP contribution in [0.2, 0.25) is 0 Å². The van der Waals surface area contributed by atoms with E-state index in [2.05, 4.69) is 18.8 Å². The van der Waals surface area contributed by atoms with E-state index in [1.165, 1.54) is 25.7 Å². The van der Waals surface area contributed by atoms with E-state index in [1.807, 2.05) is 0 Å². The summed E-state index contributed by atoms with van der Waals surface area (Å²) in [5.74, 6) is 2.37. The van der Waals surface area contributed by atoms with E-state index in [0.717, 1.165) is 11.5 Å². The third-order valence-corrected chi connectivity index (χ3v) is 3.13. The molecule has 84 valence electrons. The Morgan fingerprint density at radius 1 is 1.40 bits per heavy atom. The molecule has 1 saturated carbocycles. The summed E-state index contributed by atoms with van der Waals surface area (Å²) < 4.78 is 5.58. The third-order valence-electron chi connectivity index (χ3n) is 3.13. The summed E-state index contributed by atoms with van der Waals surface area (Å²) >= 11 is 0. The third kappa shape index (κ3) is 2.07. The zero-order chi connectivity index (χ0) is 10.8. The second-order valence-corrected chi connectivity index (χ2v) is 4.65. The molecule has 0 unspecified atom stereocenters. The van der Waals surface area contributed by atoms with Gasteiger partial charge in [-0.1, -0.05) is 26.7 Å². The fourth-order valence-electron chi connectivity index (χ4n) is 2.36. The van der Waals surface area contributed by atoms with E-state index in [0.29, 0.717) is 17.7 Å². The highest BCUT2D eigenvalue weighted by atomic mass is 16.4. The minimum Gasteiger partial charge on any atom is -0.443 e. The van der Waals surface area contributed by atoms with E-state index >= 15 is 0 Å². The van der Waals surface area contributed by atoms with Crippen molar-refractivity contribution in [3.63, 3.8) is 0 Å². The van der Waals surface area contributed by atoms with Crippen molar-refractivity contribution in [1.29, 1.82) is 0 Å². The number of hydrogen-bond acceptors (Lipinski definition) is 3. The first kappa shape index (κ1) is 10.7. The predicted molar refractivity (Wildman–Crippen MR) is 57.7 cm³/mol. The van der Waals surface area contributed by atoms with Gasteiger partial charge in [-0.15, -0.1) is 0 Å². The van der Waals surface area contributed by atoms with Crippen LogP contribution in [0.1, 0.15) is 68.7 Å². The monoisotopic (exact) mass is 209 g/mol. The number of oxazole rings is 1. The van der Waals surface area contributed by atoms with Crippen molar-refractivity contribution in [2.24, 2.45) is 0 Å². The first-order chi connectivity index (χ1) is 7.22. The number of aliphatic hydroxyl groups is 1. The zero-order valence-electron chi connectivity index (χ0n) is 9.49. The van der Waals surface area contributed by atoms with Gasteiger partial charge in [0, 0.05) is 11.8 Å². The van der Waals surface area contributed by atoms with E-state index in [-0.39, 0.29) is 6.61 Å². The first-order valence-corrected chi connectivity index (χ1v) is 5.82. The van der Waals surface area contributed by atoms with Crippen molar-refractivity contribution in [3.8, 4) is 0 Å². The molecule has 0 bridgehead atoms. The molecule has 0 aromatic carbocycles. The summed E-state index contributed by atoms with van der Waals surface area (Å²) in [5.41, 5.74) is 1.10. The molecular weight excluding hydrogens is 190 g/mol. The largest absolute Gasteiger partial charge is 0.443 e. The molecule has 1 heterocycles. The lowest BCUT2D eigenvalue weighted by molar-refractivity contribution is 0.235. The smallest absolute Gasteiger partial charge is 0.220 e. The lowest BCUT2D eigenvalue weighted by atomic mass is 9.98. The second kappa shape index (κ2) is 4.35. The van der Waals surface area contributed by atoms with Gasteiger partial charge in [0.05, 0.1) is 5.69 Å². The van der Waals surface area contributed by atoms with Gasteiger partial charge in [-0.25, -0.2) is 4.98 Å². The summed E-state index contributed by atoms with van der Waals surface area (Å²) in [6, 6.07) is 0. The number of hydrogen-bond donors (Lipinski definition) is 1. The molecule has 3 nitrogen and oxygen atoms in total. The van der Waals surface area contributed by atoms with Gasteiger partial charge in [-0.3, -0.25) is 0 Å². The lowest BCUT2D eigenvalue weighted by Crippen LogP contribution is -1.99. The Labute approximate surface area is 90.5 Å². The first-order valence-electron chi connectivity index (χ1n) is 5.82. The molecule has 0 amide bonds. The van der Waals surface area contributed by atoms with Crippen molar-refractivity contribution >= 4 is 0 Å². The van der Waals surface area contributed by atoms with Crippen LogP contribution < -0.4 is 0 Å². The van der Waals surface area contributed by atoms with Crippen molar-refractivity contribution in [2.75, 3.05) is 0 Å². The van der Waals surface area contributed by atoms with E-state index < -0.39 is 0 Å². The normalized spacial score (nSPS) is 17.9. The average Bonchev–Trinajstić information content (AvgIpc) is 2.86. The number of rotatable bonds is 3. The van der Waals surface area contributed by atoms with Crippen LogP contribution in [0.25, 0.3) is 0 Å². The molecule has 1 aliphatic carbocycles. The fourth-order valence-corrected chi connectivity index (χ4v) is 2.36. The van der Waals surface area contributed by atoms with Crippen molar-refractivity contribution in [3.05, 3.63) is 17.3 Å². The van der Waals surface area contributed by atoms with Gasteiger partial charge in [-0.05, 0) is 12.8 Å². The molecule has 1 N–H and O–H groups in total. The lowest BCUT2D eigenvalue weighted by Gasteiger charge is -2.08. The molecule has 0 radical (unpaired) electrons. The second-order valence-electron chi connectivity index (χ2n) is 4.65. The highest BCUT2D eigenvalue weighted by Crippen LogP contribution is 2.37. The molecule has 3 heteroatoms. The van der Waals surface area contributed by atoms with Crippen LogP contribution in [0.15, 0.2) is 4.42 Å². The van der Waals surface area contributed by atoms with Gasteiger partial charge in [0.2, 0.25) is 5.89 Å². The predicted octanol–water partition coefficient (Wildman–Crippen LogP) is 2.95. The highest BCUT2D eigenvalue weighted by molar-refractivity contribution is 5.19. The molecule has 1 aromatic heterocycles. The maximum atomic E-state index is 9.04. The SMILES string of the molecule is CC(C)c1oc(CO)nc1C1CCCC1. The summed E-state index contributed by atoms with van der Waals surface area (Å²) in [6.45, 7) is 4.13. The zero-order valence-corrected chi connectivity index (χ0v) is 9.49. The van der Waals surface area contributed by atoms with E-state index in [1.54, 1.807) is 0 Å². The maximum absolute atomic E-state index is 9.04. The minimum absolute atomic E-state index is 0.0908. The average molecular weight is 209 g/mol. The van der Waals surface area contributed by atoms with Gasteiger partial charge >= 0.3 is 0 Å². The van der Waals surface area contributed by atoms with Gasteiger partial charge < -0.3 is 9.52 Å². The van der Waals surface area contributed by atoms with Crippen LogP contribution in [-0.4, -0.2) is 10.1 Å². The van der Waals surface area contributed by atoms with Crippen LogP contribution in [-0.2, 0) is 6.61 Å². The molecule has 0 aliphatic heterocycles. The standard InChI is InChI=1S/C12H19NO2/c1-8(2)12-11(9-5-3-4-6-9)13-10(7-14)15-12/h8-9,14H,3-7H2,1-2H3. The molecule has 1 aliphatic rings. The summed E-state index contributed by atoms with van der Waals surface area (Å²) in [7, 11) is 0. The Morgan fingerprint density at radius 2 is 2.07 bits per heavy atom. The fraction of sp³-hybridized carbons (Fsp3) is 0.750. The van der Waals surface area contributed by atoms with Crippen LogP contribution in [0, 0.1) is 0 Å². The molecule has 0 saturated heterocycles. The highest BCUT2D eigenvalue weighted by Gasteiger charge is 2.26. The maximum Gasteiger partial charge on any atom is 0.220 e. The Hall–Kier alpha value is -0.830. The molecule has 0 atom stereocenters. The number of nitrogens with zero attached hydrogens (tertiary/aromatic N) is 1. The molecular formula is C12H19NO2. The molecule has 1 aromatic rings. The van der Waals surface area contributed by atoms with Gasteiger partial charge in [0.15, 0.2) is 0 Å². The number of aliphatic hydroxyl groups excluding tert-OH is 1. The van der Waals surface area contributed by atoms with E-state index in [4.69, 9.17) is 9.52 Å². The van der Waals surface area contributed by atoms with Crippen LogP contribution >= 0.6 is 0 Å². The summed E-state index contributed by atoms with van der Waals surface area (Å²) in [6.07, 6.45) is 5.03. The molecule has 1 fully saturated rings. The Kier molecular flexibility index (Phi) is 3.10. The van der Waals surface area contributed by atoms with Gasteiger partial charge in [0.25, 0.3) is 0 Å². The van der Waals surface area contributed by atoms with Crippen LogP contribution in [0.3, 0.4) is 0 Å². The topological polar surface area (TPSA) is 46.3 Å². The van der Waals surface area contributed by atoms with Gasteiger partial charge in [-0.2, -0.15) is 0 Å². The van der Waals surface area contributed by atoms with E-state index in [9.17, 15) is 0 Å². The van der Waals surface area contributed by atoms with Crippen LogP contribution in [0.4, 0.5) is 0 Å². The van der Waals surface area contributed by atoms with Crippen molar-refractivity contribution in [1.82, 2.24) is 4.98 Å². The summed E-state index contributed by atoms with van der Waals surface area (Å²) in [5, 5.41) is 9.04. The molecule has 2 rings (SSSR count). The van der Waals surface area contributed by atoms with Crippen molar-refractivity contribution in [2.45, 2.75) is 58.0 Å². The minimum atomic E-state index is -0.0908. The summed E-state index contributed by atoms with van der Waals surface area (Å²) in [4.78, 5) is 4.42. The van der Waals surface area contributed by atoms with Gasteiger partial charge in [0.1, 0.15) is 12.4 Å². The van der Waals surface area contributed by atoms with Crippen molar-refractivity contribution < 1.29 is 9.52 Å².